The van der Waals surface area contributed by atoms with Crippen LogP contribution in [0.4, 0.5) is 0 Å². The summed E-state index contributed by atoms with van der Waals surface area (Å²) in [6.07, 6.45) is 3.77. The van der Waals surface area contributed by atoms with Crippen molar-refractivity contribution in [2.24, 2.45) is 0 Å². The number of carbonyl (C=O) groups is 2. The van der Waals surface area contributed by atoms with E-state index in [0.717, 1.165) is 22.3 Å². The minimum atomic E-state index is -0.361. The molecule has 0 N–H and O–H groups in total. The Bertz CT molecular complexity index is 1240. The first-order valence-electron chi connectivity index (χ1n) is 12.3. The van der Waals surface area contributed by atoms with Crippen LogP contribution < -0.4 is 14.2 Å². The van der Waals surface area contributed by atoms with E-state index in [1.54, 1.807) is 32.1 Å². The quantitative estimate of drug-likeness (QED) is 0.272. The molecule has 1 aliphatic heterocycles. The normalized spacial score (nSPS) is 12.3. The zero-order valence-corrected chi connectivity index (χ0v) is 21.0. The van der Waals surface area contributed by atoms with Gasteiger partial charge in [-0.05, 0) is 54.8 Å². The summed E-state index contributed by atoms with van der Waals surface area (Å²) >= 11 is 0. The predicted molar refractivity (Wildman–Crippen MR) is 139 cm³/mol. The number of ether oxygens (including phenoxy) is 5. The lowest BCUT2D eigenvalue weighted by atomic mass is 10.0. The molecule has 0 fully saturated rings. The number of hydrogen-bond acceptors (Lipinski definition) is 7. The molecular formula is C30H30O7. The maximum absolute atomic E-state index is 11.9. The van der Waals surface area contributed by atoms with E-state index in [9.17, 15) is 9.59 Å². The van der Waals surface area contributed by atoms with E-state index in [1.165, 1.54) is 6.08 Å². The topological polar surface area (TPSA) is 80.3 Å². The van der Waals surface area contributed by atoms with Crippen molar-refractivity contribution in [2.75, 3.05) is 26.4 Å². The highest BCUT2D eigenvalue weighted by Gasteiger charge is 2.17. The molecule has 7 nitrogen and oxygen atoms in total. The van der Waals surface area contributed by atoms with Gasteiger partial charge in [0.15, 0.2) is 11.5 Å². The molecule has 192 valence electrons. The minimum absolute atomic E-state index is 0.327. The van der Waals surface area contributed by atoms with E-state index in [1.807, 2.05) is 48.5 Å². The molecule has 3 aromatic rings. The fourth-order valence-corrected chi connectivity index (χ4v) is 3.82. The molecule has 3 aromatic carbocycles. The largest absolute Gasteiger partial charge is 0.488 e. The first-order valence-corrected chi connectivity index (χ1v) is 12.3. The van der Waals surface area contributed by atoms with Crippen molar-refractivity contribution >= 4 is 18.0 Å². The second kappa shape index (κ2) is 12.6. The van der Waals surface area contributed by atoms with Crippen LogP contribution in [0.25, 0.3) is 6.08 Å². The van der Waals surface area contributed by atoms with Gasteiger partial charge in [-0.3, -0.25) is 0 Å². The Balaban J connectivity index is 1.49. The zero-order valence-electron chi connectivity index (χ0n) is 21.0. The van der Waals surface area contributed by atoms with E-state index in [2.05, 4.69) is 0 Å². The van der Waals surface area contributed by atoms with Crippen LogP contribution in [0.15, 0.2) is 66.7 Å². The molecule has 0 radical (unpaired) electrons. The van der Waals surface area contributed by atoms with Gasteiger partial charge in [0, 0.05) is 24.1 Å². The third-order valence-corrected chi connectivity index (χ3v) is 5.66. The summed E-state index contributed by atoms with van der Waals surface area (Å²) in [4.78, 5) is 23.5. The Kier molecular flexibility index (Phi) is 8.81. The van der Waals surface area contributed by atoms with E-state index >= 15 is 0 Å². The molecule has 1 heterocycles. The summed E-state index contributed by atoms with van der Waals surface area (Å²) in [6, 6.07) is 18.9. The molecule has 0 bridgehead atoms. The van der Waals surface area contributed by atoms with Gasteiger partial charge in [0.2, 0.25) is 0 Å². The van der Waals surface area contributed by atoms with Gasteiger partial charge in [0.1, 0.15) is 25.6 Å². The third kappa shape index (κ3) is 7.13. The first-order chi connectivity index (χ1) is 18.1. The van der Waals surface area contributed by atoms with Crippen LogP contribution in [0.1, 0.15) is 46.5 Å². The van der Waals surface area contributed by atoms with Crippen molar-refractivity contribution in [3.63, 3.8) is 0 Å². The molecule has 0 saturated carbocycles. The van der Waals surface area contributed by atoms with Crippen molar-refractivity contribution in [2.45, 2.75) is 26.9 Å². The van der Waals surface area contributed by atoms with E-state index in [4.69, 9.17) is 23.7 Å². The summed E-state index contributed by atoms with van der Waals surface area (Å²) in [7, 11) is 0. The van der Waals surface area contributed by atoms with Crippen LogP contribution >= 0.6 is 0 Å². The molecule has 37 heavy (non-hydrogen) atoms. The van der Waals surface area contributed by atoms with Crippen LogP contribution in [-0.2, 0) is 27.3 Å². The molecule has 0 aliphatic carbocycles. The van der Waals surface area contributed by atoms with Crippen LogP contribution in [-0.4, -0.2) is 38.4 Å². The Morgan fingerprint density at radius 1 is 0.838 bits per heavy atom. The summed E-state index contributed by atoms with van der Waals surface area (Å²) in [5.41, 5.74) is 4.37. The Hall–Kier alpha value is -4.26. The SMILES string of the molecule is CCOC(=O)C=Cc1ccc(Cc2cc3c(cc2OCc2ccc(C(=O)OCC)cc2)OCCO3)cc1. The first kappa shape index (κ1) is 25.8. The molecular weight excluding hydrogens is 472 g/mol. The van der Waals surface area contributed by atoms with Crippen molar-refractivity contribution < 1.29 is 33.3 Å². The van der Waals surface area contributed by atoms with Crippen LogP contribution in [0.3, 0.4) is 0 Å². The highest BCUT2D eigenvalue weighted by Crippen LogP contribution is 2.38. The van der Waals surface area contributed by atoms with Gasteiger partial charge >= 0.3 is 11.9 Å². The van der Waals surface area contributed by atoms with Crippen LogP contribution in [0.5, 0.6) is 17.2 Å². The average Bonchev–Trinajstić information content (AvgIpc) is 2.92. The molecule has 0 atom stereocenters. The number of rotatable bonds is 10. The number of hydrogen-bond donors (Lipinski definition) is 0. The van der Waals surface area contributed by atoms with Crippen molar-refractivity contribution in [1.82, 2.24) is 0 Å². The maximum Gasteiger partial charge on any atom is 0.338 e. The Morgan fingerprint density at radius 3 is 2.16 bits per heavy atom. The summed E-state index contributed by atoms with van der Waals surface area (Å²) in [6.45, 7) is 5.56. The molecule has 7 heteroatoms. The molecule has 0 spiro atoms. The smallest absolute Gasteiger partial charge is 0.338 e. The fraction of sp³-hybridized carbons (Fsp3) is 0.267. The third-order valence-electron chi connectivity index (χ3n) is 5.66. The van der Waals surface area contributed by atoms with Crippen molar-refractivity contribution in [1.29, 1.82) is 0 Å². The van der Waals surface area contributed by atoms with Gasteiger partial charge < -0.3 is 23.7 Å². The van der Waals surface area contributed by atoms with E-state index in [0.29, 0.717) is 62.3 Å². The molecule has 0 amide bonds. The summed E-state index contributed by atoms with van der Waals surface area (Å²) in [5, 5.41) is 0. The van der Waals surface area contributed by atoms with Gasteiger partial charge in [-0.25, -0.2) is 9.59 Å². The van der Waals surface area contributed by atoms with Crippen LogP contribution in [0.2, 0.25) is 0 Å². The standard InChI is InChI=1S/C30H30O7/c1-3-33-29(31)14-11-21-5-7-22(8-6-21)17-25-18-27-28(36-16-15-35-27)19-26(25)37-20-23-9-12-24(13-10-23)30(32)34-4-2/h5-14,18-19H,3-4,15-17,20H2,1-2H3. The monoisotopic (exact) mass is 502 g/mol. The van der Waals surface area contributed by atoms with Gasteiger partial charge in [-0.2, -0.15) is 0 Å². The van der Waals surface area contributed by atoms with E-state index < -0.39 is 0 Å². The maximum atomic E-state index is 11.9. The number of benzene rings is 3. The highest BCUT2D eigenvalue weighted by atomic mass is 16.6. The average molecular weight is 503 g/mol. The van der Waals surface area contributed by atoms with Gasteiger partial charge in [-0.15, -0.1) is 0 Å². The number of carbonyl (C=O) groups excluding carboxylic acids is 2. The second-order valence-corrected chi connectivity index (χ2v) is 8.31. The molecule has 1 aliphatic rings. The number of fused-ring (bicyclic) bond motifs is 1. The summed E-state index contributed by atoms with van der Waals surface area (Å²) in [5.74, 6) is 1.35. The lowest BCUT2D eigenvalue weighted by Gasteiger charge is -2.21. The van der Waals surface area contributed by atoms with Crippen molar-refractivity contribution in [3.05, 3.63) is 94.6 Å². The molecule has 0 saturated heterocycles. The highest BCUT2D eigenvalue weighted by molar-refractivity contribution is 5.89. The minimum Gasteiger partial charge on any atom is -0.488 e. The second-order valence-electron chi connectivity index (χ2n) is 8.31. The van der Waals surface area contributed by atoms with Crippen molar-refractivity contribution in [3.8, 4) is 17.2 Å². The van der Waals surface area contributed by atoms with Gasteiger partial charge in [-0.1, -0.05) is 36.4 Å². The van der Waals surface area contributed by atoms with Gasteiger partial charge in [0.05, 0.1) is 18.8 Å². The Morgan fingerprint density at radius 2 is 1.49 bits per heavy atom. The molecule has 0 aromatic heterocycles. The Labute approximate surface area is 216 Å². The summed E-state index contributed by atoms with van der Waals surface area (Å²) < 4.78 is 27.7. The fourth-order valence-electron chi connectivity index (χ4n) is 3.82. The lowest BCUT2D eigenvalue weighted by molar-refractivity contribution is -0.137. The predicted octanol–water partition coefficient (Wildman–Crippen LogP) is 5.38. The van der Waals surface area contributed by atoms with Crippen LogP contribution in [0, 0.1) is 0 Å². The molecule has 0 unspecified atom stereocenters. The number of esters is 2. The van der Waals surface area contributed by atoms with Gasteiger partial charge in [0.25, 0.3) is 0 Å². The van der Waals surface area contributed by atoms with E-state index in [-0.39, 0.29) is 11.9 Å². The lowest BCUT2D eigenvalue weighted by Crippen LogP contribution is -2.16. The molecule has 4 rings (SSSR count). The zero-order chi connectivity index (χ0) is 26.0.